The summed E-state index contributed by atoms with van der Waals surface area (Å²) >= 11 is 5.57. The smallest absolute Gasteiger partial charge is 0.231 e. The Bertz CT molecular complexity index is 427. The van der Waals surface area contributed by atoms with Gasteiger partial charge in [-0.15, -0.1) is 11.6 Å². The molecule has 0 spiro atoms. The van der Waals surface area contributed by atoms with E-state index in [1.165, 1.54) is 0 Å². The summed E-state index contributed by atoms with van der Waals surface area (Å²) in [6, 6.07) is 3.49. The fraction of sp³-hybridized carbons (Fsp3) is 0.250. The van der Waals surface area contributed by atoms with E-state index in [9.17, 15) is 4.79 Å². The molecule has 0 saturated carbocycles. The minimum atomic E-state index is 0.211. The molecule has 1 heterocycles. The standard InChI is InChI=1S/C12H11ClO3/c13-4-2-1-3-9-5-11-12(16-8-15-11)6-10(9)7-14/h1,3,5-7H,2,4,8H2. The zero-order valence-corrected chi connectivity index (χ0v) is 9.37. The highest BCUT2D eigenvalue weighted by atomic mass is 35.5. The zero-order chi connectivity index (χ0) is 11.4. The van der Waals surface area contributed by atoms with Gasteiger partial charge >= 0.3 is 0 Å². The molecule has 0 radical (unpaired) electrons. The number of carbonyl (C=O) groups excluding carboxylic acids is 1. The summed E-state index contributed by atoms with van der Waals surface area (Å²) in [6.07, 6.45) is 5.38. The maximum absolute atomic E-state index is 10.9. The summed E-state index contributed by atoms with van der Waals surface area (Å²) in [5.41, 5.74) is 1.42. The second-order valence-corrected chi connectivity index (χ2v) is 3.71. The van der Waals surface area contributed by atoms with Crippen molar-refractivity contribution in [1.29, 1.82) is 0 Å². The molecule has 0 N–H and O–H groups in total. The molecule has 0 unspecified atom stereocenters. The van der Waals surface area contributed by atoms with Gasteiger partial charge in [-0.3, -0.25) is 4.79 Å². The van der Waals surface area contributed by atoms with Crippen LogP contribution >= 0.6 is 11.6 Å². The molecule has 0 aromatic heterocycles. The third-order valence-corrected chi connectivity index (χ3v) is 2.50. The number of benzene rings is 1. The molecule has 1 aromatic carbocycles. The Morgan fingerprint density at radius 3 is 2.56 bits per heavy atom. The van der Waals surface area contributed by atoms with Crippen molar-refractivity contribution in [1.82, 2.24) is 0 Å². The molecule has 0 bridgehead atoms. The van der Waals surface area contributed by atoms with Gasteiger partial charge in [0.05, 0.1) is 0 Å². The minimum absolute atomic E-state index is 0.211. The van der Waals surface area contributed by atoms with Crippen molar-refractivity contribution in [2.45, 2.75) is 6.42 Å². The van der Waals surface area contributed by atoms with Crippen molar-refractivity contribution in [3.8, 4) is 11.5 Å². The summed E-state index contributed by atoms with van der Waals surface area (Å²) < 4.78 is 10.4. The third-order valence-electron chi connectivity index (χ3n) is 2.28. The zero-order valence-electron chi connectivity index (χ0n) is 8.61. The summed E-state index contributed by atoms with van der Waals surface area (Å²) in [6.45, 7) is 0.211. The molecular weight excluding hydrogens is 228 g/mol. The van der Waals surface area contributed by atoms with Crippen LogP contribution in [0, 0.1) is 0 Å². The Balaban J connectivity index is 2.32. The van der Waals surface area contributed by atoms with E-state index in [2.05, 4.69) is 0 Å². The maximum Gasteiger partial charge on any atom is 0.231 e. The summed E-state index contributed by atoms with van der Waals surface area (Å²) in [5.74, 6) is 1.87. The number of carbonyl (C=O) groups is 1. The quantitative estimate of drug-likeness (QED) is 0.598. The van der Waals surface area contributed by atoms with Crippen molar-refractivity contribution in [3.05, 3.63) is 29.3 Å². The minimum Gasteiger partial charge on any atom is -0.454 e. The van der Waals surface area contributed by atoms with Crippen LogP contribution in [0.1, 0.15) is 22.3 Å². The third kappa shape index (κ3) is 2.19. The summed E-state index contributed by atoms with van der Waals surface area (Å²) in [4.78, 5) is 10.9. The van der Waals surface area contributed by atoms with Crippen LogP contribution in [0.3, 0.4) is 0 Å². The Morgan fingerprint density at radius 2 is 1.94 bits per heavy atom. The Labute approximate surface area is 98.6 Å². The lowest BCUT2D eigenvalue weighted by Gasteiger charge is -2.01. The lowest BCUT2D eigenvalue weighted by Crippen LogP contribution is -1.92. The molecule has 0 saturated heterocycles. The highest BCUT2D eigenvalue weighted by Gasteiger charge is 2.15. The number of allylic oxidation sites excluding steroid dienone is 1. The topological polar surface area (TPSA) is 35.5 Å². The van der Waals surface area contributed by atoms with Gasteiger partial charge in [-0.2, -0.15) is 0 Å². The van der Waals surface area contributed by atoms with E-state index in [4.69, 9.17) is 21.1 Å². The number of aldehydes is 1. The molecule has 84 valence electrons. The molecule has 0 aliphatic carbocycles. The first-order valence-corrected chi connectivity index (χ1v) is 5.50. The van der Waals surface area contributed by atoms with Crippen molar-refractivity contribution < 1.29 is 14.3 Å². The number of hydrogen-bond acceptors (Lipinski definition) is 3. The van der Waals surface area contributed by atoms with Crippen molar-refractivity contribution in [2.75, 3.05) is 12.7 Å². The molecule has 1 aromatic rings. The highest BCUT2D eigenvalue weighted by Crippen LogP contribution is 2.34. The predicted octanol–water partition coefficient (Wildman–Crippen LogP) is 2.87. The van der Waals surface area contributed by atoms with E-state index in [0.717, 1.165) is 18.3 Å². The first-order chi connectivity index (χ1) is 7.85. The van der Waals surface area contributed by atoms with Gasteiger partial charge in [0.2, 0.25) is 6.79 Å². The van der Waals surface area contributed by atoms with E-state index >= 15 is 0 Å². The monoisotopic (exact) mass is 238 g/mol. The molecule has 0 fully saturated rings. The van der Waals surface area contributed by atoms with Crippen molar-refractivity contribution >= 4 is 24.0 Å². The predicted molar refractivity (Wildman–Crippen MR) is 62.3 cm³/mol. The Morgan fingerprint density at radius 1 is 1.25 bits per heavy atom. The van der Waals surface area contributed by atoms with Gasteiger partial charge in [-0.1, -0.05) is 12.2 Å². The van der Waals surface area contributed by atoms with Crippen molar-refractivity contribution in [3.63, 3.8) is 0 Å². The Kier molecular flexibility index (Phi) is 3.47. The fourth-order valence-electron chi connectivity index (χ4n) is 1.49. The van der Waals surface area contributed by atoms with Crippen LogP contribution in [0.2, 0.25) is 0 Å². The fourth-order valence-corrected chi connectivity index (χ4v) is 1.62. The van der Waals surface area contributed by atoms with E-state index in [1.54, 1.807) is 12.1 Å². The molecule has 0 atom stereocenters. The summed E-state index contributed by atoms with van der Waals surface area (Å²) in [5, 5.41) is 0. The second kappa shape index (κ2) is 5.03. The van der Waals surface area contributed by atoms with E-state index in [-0.39, 0.29) is 6.79 Å². The number of fused-ring (bicyclic) bond motifs is 1. The SMILES string of the molecule is O=Cc1cc2c(cc1C=CCCCl)OCO2. The summed E-state index contributed by atoms with van der Waals surface area (Å²) in [7, 11) is 0. The van der Waals surface area contributed by atoms with Crippen molar-refractivity contribution in [2.24, 2.45) is 0 Å². The number of alkyl halides is 1. The van der Waals surface area contributed by atoms with E-state index < -0.39 is 0 Å². The molecule has 2 rings (SSSR count). The van der Waals surface area contributed by atoms with Gasteiger partial charge in [0, 0.05) is 11.4 Å². The van der Waals surface area contributed by atoms with Crippen LogP contribution < -0.4 is 9.47 Å². The van der Waals surface area contributed by atoms with Crippen LogP contribution in [-0.4, -0.2) is 19.0 Å². The first kappa shape index (κ1) is 11.0. The Hall–Kier alpha value is -1.48. The van der Waals surface area contributed by atoms with Crippen LogP contribution in [0.5, 0.6) is 11.5 Å². The van der Waals surface area contributed by atoms with Crippen LogP contribution in [0.4, 0.5) is 0 Å². The average Bonchev–Trinajstić information content (AvgIpc) is 2.75. The lowest BCUT2D eigenvalue weighted by molar-refractivity contribution is 0.112. The highest BCUT2D eigenvalue weighted by molar-refractivity contribution is 6.17. The molecule has 1 aliphatic heterocycles. The van der Waals surface area contributed by atoms with Gasteiger partial charge in [0.25, 0.3) is 0 Å². The lowest BCUT2D eigenvalue weighted by atomic mass is 10.1. The van der Waals surface area contributed by atoms with Gasteiger partial charge in [0.15, 0.2) is 17.8 Å². The van der Waals surface area contributed by atoms with Gasteiger partial charge in [0.1, 0.15) is 0 Å². The number of rotatable bonds is 4. The van der Waals surface area contributed by atoms with Crippen LogP contribution in [0.25, 0.3) is 6.08 Å². The molecule has 1 aliphatic rings. The first-order valence-electron chi connectivity index (χ1n) is 4.96. The average molecular weight is 239 g/mol. The van der Waals surface area contributed by atoms with E-state index in [1.807, 2.05) is 12.2 Å². The van der Waals surface area contributed by atoms with Gasteiger partial charge in [-0.25, -0.2) is 0 Å². The number of halogens is 1. The molecule has 4 heteroatoms. The molecule has 16 heavy (non-hydrogen) atoms. The second-order valence-electron chi connectivity index (χ2n) is 3.33. The maximum atomic E-state index is 10.9. The molecular formula is C12H11ClO3. The normalized spacial score (nSPS) is 13.3. The number of ether oxygens (including phenoxy) is 2. The van der Waals surface area contributed by atoms with E-state index in [0.29, 0.717) is 22.9 Å². The number of hydrogen-bond donors (Lipinski definition) is 0. The van der Waals surface area contributed by atoms with Gasteiger partial charge < -0.3 is 9.47 Å². The van der Waals surface area contributed by atoms with Crippen LogP contribution in [-0.2, 0) is 0 Å². The molecule has 0 amide bonds. The van der Waals surface area contributed by atoms with Crippen LogP contribution in [0.15, 0.2) is 18.2 Å². The molecule has 3 nitrogen and oxygen atoms in total. The van der Waals surface area contributed by atoms with Gasteiger partial charge in [-0.05, 0) is 24.1 Å². The largest absolute Gasteiger partial charge is 0.454 e.